The van der Waals surface area contributed by atoms with Crippen molar-refractivity contribution >= 4 is 56.9 Å². The maximum absolute atomic E-state index is 12.3. The van der Waals surface area contributed by atoms with Crippen LogP contribution in [0.25, 0.3) is 11.0 Å². The topological polar surface area (TPSA) is 88.7 Å². The summed E-state index contributed by atoms with van der Waals surface area (Å²) in [6.45, 7) is 0. The Hall–Kier alpha value is -2.90. The monoisotopic (exact) mass is 412 g/mol. The molecule has 0 saturated heterocycles. The molecule has 0 aliphatic carbocycles. The van der Waals surface area contributed by atoms with Gasteiger partial charge >= 0.3 is 5.63 Å². The molecular weight excluding hydrogens is 400 g/mol. The highest BCUT2D eigenvalue weighted by molar-refractivity contribution is 8.16. The lowest BCUT2D eigenvalue weighted by Crippen LogP contribution is -2.21. The second-order valence-corrected chi connectivity index (χ2v) is 7.74. The number of thioether (sulfide) groups is 1. The fourth-order valence-corrected chi connectivity index (χ4v) is 4.05. The molecule has 6 nitrogen and oxygen atoms in total. The van der Waals surface area contributed by atoms with Crippen LogP contribution in [0.4, 0.5) is 5.69 Å². The van der Waals surface area contributed by atoms with Crippen molar-refractivity contribution in [2.24, 2.45) is 4.99 Å². The number of nitrogens with one attached hydrogen (secondary N) is 1. The highest BCUT2D eigenvalue weighted by atomic mass is 35.5. The number of hydrogen-bond donors (Lipinski definition) is 1. The Morgan fingerprint density at radius 3 is 2.79 bits per heavy atom. The summed E-state index contributed by atoms with van der Waals surface area (Å²) < 4.78 is 5.29. The Kier molecular flexibility index (Phi) is 5.02. The maximum Gasteiger partial charge on any atom is 0.346 e. The molecule has 2 heterocycles. The molecule has 2 amide bonds. The van der Waals surface area contributed by atoms with Gasteiger partial charge in [-0.05, 0) is 30.3 Å². The minimum absolute atomic E-state index is 0.0675. The van der Waals surface area contributed by atoms with E-state index in [0.717, 1.165) is 17.1 Å². The minimum atomic E-state index is -0.694. The van der Waals surface area contributed by atoms with Crippen LogP contribution in [-0.2, 0) is 9.59 Å². The van der Waals surface area contributed by atoms with Gasteiger partial charge in [-0.3, -0.25) is 9.59 Å². The van der Waals surface area contributed by atoms with Gasteiger partial charge in [0.1, 0.15) is 15.9 Å². The Bertz CT molecular complexity index is 1190. The molecule has 4 rings (SSSR count). The van der Waals surface area contributed by atoms with Gasteiger partial charge in [-0.1, -0.05) is 47.6 Å². The van der Waals surface area contributed by atoms with Crippen LogP contribution in [0.5, 0.6) is 0 Å². The first-order valence-electron chi connectivity index (χ1n) is 8.37. The number of hydrogen-bond acceptors (Lipinski definition) is 5. The second-order valence-electron chi connectivity index (χ2n) is 6.11. The van der Waals surface area contributed by atoms with Crippen molar-refractivity contribution in [1.29, 1.82) is 0 Å². The molecule has 0 saturated carbocycles. The third kappa shape index (κ3) is 3.85. The molecule has 3 aromatic rings. The maximum atomic E-state index is 12.3. The number of fused-ring (bicyclic) bond motifs is 1. The molecule has 0 spiro atoms. The van der Waals surface area contributed by atoms with E-state index in [1.807, 2.05) is 6.07 Å². The average molecular weight is 413 g/mol. The number of halogens is 1. The summed E-state index contributed by atoms with van der Waals surface area (Å²) in [5, 5.41) is 3.50. The Balaban J connectivity index is 1.49. The SMILES string of the molecule is O=C(CC1SC(c2cc3ccccc3oc2=O)=NC1=O)Nc1cccc(Cl)c1. The minimum Gasteiger partial charge on any atom is -0.422 e. The van der Waals surface area contributed by atoms with E-state index in [9.17, 15) is 14.4 Å². The Morgan fingerprint density at radius 2 is 1.96 bits per heavy atom. The summed E-state index contributed by atoms with van der Waals surface area (Å²) in [5.41, 5.74) is 0.657. The number of nitrogens with zero attached hydrogens (tertiary/aromatic N) is 1. The van der Waals surface area contributed by atoms with E-state index in [1.54, 1.807) is 48.5 Å². The van der Waals surface area contributed by atoms with Crippen LogP contribution in [0.1, 0.15) is 12.0 Å². The first-order chi connectivity index (χ1) is 13.5. The summed E-state index contributed by atoms with van der Waals surface area (Å²) in [4.78, 5) is 40.7. The second kappa shape index (κ2) is 7.61. The molecular formula is C20H13ClN2O4S. The molecule has 28 heavy (non-hydrogen) atoms. The normalized spacial score (nSPS) is 16.2. The van der Waals surface area contributed by atoms with Crippen molar-refractivity contribution in [2.75, 3.05) is 5.32 Å². The third-order valence-electron chi connectivity index (χ3n) is 4.09. The van der Waals surface area contributed by atoms with Gasteiger partial charge < -0.3 is 9.73 Å². The zero-order chi connectivity index (χ0) is 19.7. The lowest BCUT2D eigenvalue weighted by Gasteiger charge is -2.08. The van der Waals surface area contributed by atoms with Gasteiger partial charge in [-0.15, -0.1) is 0 Å². The Morgan fingerprint density at radius 1 is 1.14 bits per heavy atom. The number of para-hydroxylation sites is 1. The van der Waals surface area contributed by atoms with Crippen LogP contribution in [-0.4, -0.2) is 22.1 Å². The van der Waals surface area contributed by atoms with E-state index in [1.165, 1.54) is 0 Å². The van der Waals surface area contributed by atoms with Gasteiger partial charge in [0.15, 0.2) is 0 Å². The standard InChI is InChI=1S/C20H13ClN2O4S/c21-12-5-3-6-13(9-12)22-17(24)10-16-18(25)23-19(28-16)14-8-11-4-1-2-7-15(11)27-20(14)26/h1-9,16H,10H2,(H,22,24). The first kappa shape index (κ1) is 18.5. The van der Waals surface area contributed by atoms with Crippen LogP contribution in [0.2, 0.25) is 5.02 Å². The van der Waals surface area contributed by atoms with Crippen LogP contribution < -0.4 is 10.9 Å². The molecule has 0 fully saturated rings. The molecule has 0 bridgehead atoms. The molecule has 1 N–H and O–H groups in total. The fourth-order valence-electron chi connectivity index (χ4n) is 2.79. The van der Waals surface area contributed by atoms with Gasteiger partial charge in [-0.2, -0.15) is 0 Å². The van der Waals surface area contributed by atoms with E-state index >= 15 is 0 Å². The van der Waals surface area contributed by atoms with Gasteiger partial charge in [0.05, 0.1) is 5.56 Å². The molecule has 1 atom stereocenters. The van der Waals surface area contributed by atoms with E-state index in [0.29, 0.717) is 16.3 Å². The smallest absolute Gasteiger partial charge is 0.346 e. The molecule has 0 radical (unpaired) electrons. The highest BCUT2D eigenvalue weighted by Gasteiger charge is 2.32. The number of carbonyl (C=O) groups is 2. The summed E-state index contributed by atoms with van der Waals surface area (Å²) in [6.07, 6.45) is -0.0675. The number of rotatable bonds is 4. The molecule has 1 aromatic heterocycles. The molecule has 2 aromatic carbocycles. The number of anilines is 1. The fraction of sp³-hybridized carbons (Fsp3) is 0.100. The summed E-state index contributed by atoms with van der Waals surface area (Å²) in [5.74, 6) is -0.788. The predicted molar refractivity (Wildman–Crippen MR) is 110 cm³/mol. The van der Waals surface area contributed by atoms with Crippen molar-refractivity contribution in [2.45, 2.75) is 11.7 Å². The van der Waals surface area contributed by atoms with Crippen molar-refractivity contribution in [1.82, 2.24) is 0 Å². The first-order valence-corrected chi connectivity index (χ1v) is 9.63. The average Bonchev–Trinajstić information content (AvgIpc) is 3.01. The zero-order valence-corrected chi connectivity index (χ0v) is 15.9. The number of benzene rings is 2. The lowest BCUT2D eigenvalue weighted by atomic mass is 10.2. The number of amides is 2. The van der Waals surface area contributed by atoms with E-state index in [4.69, 9.17) is 16.0 Å². The molecule has 1 aliphatic rings. The summed E-state index contributed by atoms with van der Waals surface area (Å²) in [6, 6.07) is 15.5. The summed E-state index contributed by atoms with van der Waals surface area (Å²) >= 11 is 6.99. The van der Waals surface area contributed by atoms with Crippen LogP contribution in [0.3, 0.4) is 0 Å². The summed E-state index contributed by atoms with van der Waals surface area (Å²) in [7, 11) is 0. The predicted octanol–water partition coefficient (Wildman–Crippen LogP) is 3.86. The van der Waals surface area contributed by atoms with Gasteiger partial charge in [0.25, 0.3) is 5.91 Å². The van der Waals surface area contributed by atoms with Crippen LogP contribution in [0.15, 0.2) is 68.8 Å². The van der Waals surface area contributed by atoms with E-state index < -0.39 is 16.8 Å². The van der Waals surface area contributed by atoms with Gasteiger partial charge in [-0.25, -0.2) is 9.79 Å². The number of carbonyl (C=O) groups excluding carboxylic acids is 2. The van der Waals surface area contributed by atoms with Crippen molar-refractivity contribution in [3.63, 3.8) is 0 Å². The van der Waals surface area contributed by atoms with Crippen LogP contribution >= 0.6 is 23.4 Å². The highest BCUT2D eigenvalue weighted by Crippen LogP contribution is 2.29. The van der Waals surface area contributed by atoms with Crippen LogP contribution in [0, 0.1) is 0 Å². The lowest BCUT2D eigenvalue weighted by molar-refractivity contribution is -0.121. The van der Waals surface area contributed by atoms with Crippen molar-refractivity contribution < 1.29 is 14.0 Å². The Labute approximate surface area is 168 Å². The van der Waals surface area contributed by atoms with E-state index in [2.05, 4.69) is 10.3 Å². The molecule has 1 aliphatic heterocycles. The zero-order valence-electron chi connectivity index (χ0n) is 14.3. The molecule has 8 heteroatoms. The molecule has 1 unspecified atom stereocenters. The number of aliphatic imine (C=N–C) groups is 1. The quantitative estimate of drug-likeness (QED) is 0.657. The van der Waals surface area contributed by atoms with Gasteiger partial charge in [0.2, 0.25) is 5.91 Å². The third-order valence-corrected chi connectivity index (χ3v) is 5.51. The van der Waals surface area contributed by atoms with Crippen molar-refractivity contribution in [3.8, 4) is 0 Å². The molecule has 140 valence electrons. The van der Waals surface area contributed by atoms with E-state index in [-0.39, 0.29) is 22.9 Å². The van der Waals surface area contributed by atoms with Crippen molar-refractivity contribution in [3.05, 3.63) is 75.6 Å². The largest absolute Gasteiger partial charge is 0.422 e. The van der Waals surface area contributed by atoms with Gasteiger partial charge in [0, 0.05) is 22.5 Å².